The molecule has 1 fully saturated rings. The molecule has 11 nitrogen and oxygen atoms in total. The molecule has 0 bridgehead atoms. The van der Waals surface area contributed by atoms with Crippen molar-refractivity contribution in [3.05, 3.63) is 82.0 Å². The summed E-state index contributed by atoms with van der Waals surface area (Å²) in [5, 5.41) is 13.9. The minimum absolute atomic E-state index is 0.0232. The van der Waals surface area contributed by atoms with E-state index in [1.165, 1.54) is 22.5 Å². The molecule has 1 aliphatic rings. The van der Waals surface area contributed by atoms with Gasteiger partial charge in [-0.3, -0.25) is 24.6 Å². The second kappa shape index (κ2) is 12.3. The standard InChI is InChI=1S/C27H30N6O5S2/c1-40(30,37)22-12-23(27(36)31-13-21-11-18(16-39-21)25(28)29)33(15-22)24(34)14-32-26(35)17-7-9-20(10-8-17)38-19-5-3-2-4-6-19/h2-11,16,22-23,30H,12-15H2,1H3,(H3,28,29)(H,31,36)(H,32,35)/t22-,23+,40+/m1/s1. The van der Waals surface area contributed by atoms with Crippen molar-refractivity contribution in [3.63, 3.8) is 0 Å². The number of nitrogens with zero attached hydrogens (tertiary/aromatic N) is 1. The lowest BCUT2D eigenvalue weighted by Gasteiger charge is -2.24. The monoisotopic (exact) mass is 582 g/mol. The Kier molecular flexibility index (Phi) is 8.85. The van der Waals surface area contributed by atoms with Crippen LogP contribution in [0.1, 0.15) is 27.2 Å². The Morgan fingerprint density at radius 3 is 2.38 bits per heavy atom. The van der Waals surface area contributed by atoms with Gasteiger partial charge in [-0.25, -0.2) is 4.21 Å². The number of benzene rings is 2. The summed E-state index contributed by atoms with van der Waals surface area (Å²) in [5.74, 6) is -0.301. The summed E-state index contributed by atoms with van der Waals surface area (Å²) < 4.78 is 26.2. The first-order valence-corrected chi connectivity index (χ1v) is 15.2. The fourth-order valence-electron chi connectivity index (χ4n) is 4.21. The molecule has 0 saturated carbocycles. The van der Waals surface area contributed by atoms with Crippen LogP contribution in [0.25, 0.3) is 0 Å². The summed E-state index contributed by atoms with van der Waals surface area (Å²) in [7, 11) is -3.02. The van der Waals surface area contributed by atoms with E-state index in [2.05, 4.69) is 10.6 Å². The van der Waals surface area contributed by atoms with Gasteiger partial charge in [0.05, 0.1) is 18.3 Å². The van der Waals surface area contributed by atoms with Gasteiger partial charge in [0.25, 0.3) is 5.91 Å². The Morgan fingerprint density at radius 2 is 1.75 bits per heavy atom. The maximum absolute atomic E-state index is 13.1. The van der Waals surface area contributed by atoms with Crippen molar-refractivity contribution in [1.29, 1.82) is 10.2 Å². The number of nitrogens with one attached hydrogen (secondary N) is 4. The highest BCUT2D eigenvalue weighted by molar-refractivity contribution is 7.92. The van der Waals surface area contributed by atoms with E-state index in [-0.39, 0.29) is 31.9 Å². The molecule has 0 radical (unpaired) electrons. The first-order valence-electron chi connectivity index (χ1n) is 12.3. The maximum Gasteiger partial charge on any atom is 0.251 e. The molecule has 3 amide bonds. The molecule has 0 unspecified atom stereocenters. The van der Waals surface area contributed by atoms with Gasteiger partial charge in [0.15, 0.2) is 0 Å². The molecular formula is C27H30N6O5S2. The third-order valence-electron chi connectivity index (χ3n) is 6.42. The van der Waals surface area contributed by atoms with Crippen LogP contribution in [0, 0.1) is 10.2 Å². The van der Waals surface area contributed by atoms with Gasteiger partial charge in [-0.05, 0) is 48.9 Å². The zero-order valence-corrected chi connectivity index (χ0v) is 23.3. The maximum atomic E-state index is 13.1. The van der Waals surface area contributed by atoms with Crippen LogP contribution in [-0.4, -0.2) is 63.3 Å². The first kappa shape index (κ1) is 28.8. The number of thiophene rings is 1. The zero-order chi connectivity index (χ0) is 28.9. The summed E-state index contributed by atoms with van der Waals surface area (Å²) in [6.45, 7) is -0.221. The van der Waals surface area contributed by atoms with E-state index in [4.69, 9.17) is 20.7 Å². The highest BCUT2D eigenvalue weighted by atomic mass is 32.2. The lowest BCUT2D eigenvalue weighted by atomic mass is 10.2. The van der Waals surface area contributed by atoms with Crippen molar-refractivity contribution in [3.8, 4) is 11.5 Å². The Balaban J connectivity index is 1.36. The van der Waals surface area contributed by atoms with Crippen LogP contribution in [0.15, 0.2) is 66.0 Å². The van der Waals surface area contributed by atoms with Gasteiger partial charge in [0.2, 0.25) is 11.8 Å². The number of carbonyl (C=O) groups is 3. The summed E-state index contributed by atoms with van der Waals surface area (Å²) in [4.78, 5) is 40.9. The first-order chi connectivity index (χ1) is 19.0. The van der Waals surface area contributed by atoms with Crippen LogP contribution in [0.4, 0.5) is 0 Å². The second-order valence-corrected chi connectivity index (χ2v) is 12.8. The van der Waals surface area contributed by atoms with Gasteiger partial charge in [-0.2, -0.15) is 0 Å². The van der Waals surface area contributed by atoms with Crippen molar-refractivity contribution in [2.45, 2.75) is 24.3 Å². The van der Waals surface area contributed by atoms with E-state index in [9.17, 15) is 18.6 Å². The summed E-state index contributed by atoms with van der Waals surface area (Å²) in [6, 6.07) is 16.4. The molecule has 13 heteroatoms. The number of para-hydroxylation sites is 1. The van der Waals surface area contributed by atoms with Crippen LogP contribution in [-0.2, 0) is 25.9 Å². The van der Waals surface area contributed by atoms with E-state index in [1.807, 2.05) is 30.3 Å². The molecular weight excluding hydrogens is 552 g/mol. The van der Waals surface area contributed by atoms with Gasteiger partial charge < -0.3 is 26.0 Å². The minimum Gasteiger partial charge on any atom is -0.457 e. The van der Waals surface area contributed by atoms with Crippen molar-refractivity contribution < 1.29 is 23.3 Å². The van der Waals surface area contributed by atoms with E-state index in [1.54, 1.807) is 35.7 Å². The Bertz CT molecular complexity index is 1510. The number of amides is 3. The van der Waals surface area contributed by atoms with Gasteiger partial charge in [0.1, 0.15) is 23.4 Å². The second-order valence-electron chi connectivity index (χ2n) is 9.38. The van der Waals surface area contributed by atoms with Crippen molar-refractivity contribution in [1.82, 2.24) is 15.5 Å². The molecule has 2 heterocycles. The largest absolute Gasteiger partial charge is 0.457 e. The summed E-state index contributed by atoms with van der Waals surface area (Å²) in [6.07, 6.45) is 1.37. The van der Waals surface area contributed by atoms with Crippen LogP contribution < -0.4 is 21.1 Å². The number of nitrogens with two attached hydrogens (primary N) is 1. The van der Waals surface area contributed by atoms with Gasteiger partial charge in [-0.1, -0.05) is 18.2 Å². The van der Waals surface area contributed by atoms with E-state index in [0.717, 1.165) is 4.88 Å². The van der Waals surface area contributed by atoms with Gasteiger partial charge in [-0.15, -0.1) is 11.3 Å². The zero-order valence-electron chi connectivity index (χ0n) is 21.7. The molecule has 3 atom stereocenters. The van der Waals surface area contributed by atoms with E-state index >= 15 is 0 Å². The van der Waals surface area contributed by atoms with Crippen LogP contribution >= 0.6 is 11.3 Å². The SMILES string of the molecule is C[S@](=N)(=O)[C@@H]1C[C@@H](C(=O)NCc2cc(C(=N)N)cs2)N(C(=O)CNC(=O)c2ccc(Oc3ccccc3)cc2)C1. The molecule has 0 spiro atoms. The number of rotatable bonds is 10. The Hall–Kier alpha value is -4.23. The Morgan fingerprint density at radius 1 is 1.07 bits per heavy atom. The van der Waals surface area contributed by atoms with Crippen molar-refractivity contribution in [2.75, 3.05) is 19.3 Å². The third kappa shape index (κ3) is 7.24. The molecule has 1 aromatic heterocycles. The molecule has 1 aliphatic heterocycles. The number of ether oxygens (including phenoxy) is 1. The predicted molar refractivity (Wildman–Crippen MR) is 153 cm³/mol. The normalized spacial score (nSPS) is 18.0. The van der Waals surface area contributed by atoms with Crippen LogP contribution in [0.3, 0.4) is 0 Å². The highest BCUT2D eigenvalue weighted by Gasteiger charge is 2.42. The smallest absolute Gasteiger partial charge is 0.251 e. The lowest BCUT2D eigenvalue weighted by Crippen LogP contribution is -2.48. The number of nitrogen functional groups attached to an aromatic ring is 1. The molecule has 0 aliphatic carbocycles. The number of carbonyl (C=O) groups excluding carboxylic acids is 3. The van der Waals surface area contributed by atoms with Gasteiger partial charge in [0, 0.05) is 43.9 Å². The Labute approximate surface area is 236 Å². The highest BCUT2D eigenvalue weighted by Crippen LogP contribution is 2.25. The minimum atomic E-state index is -3.02. The number of hydrogen-bond donors (Lipinski definition) is 5. The quantitative estimate of drug-likeness (QED) is 0.181. The molecule has 3 aromatic rings. The topological polar surface area (TPSA) is 179 Å². The molecule has 1 saturated heterocycles. The molecule has 6 N–H and O–H groups in total. The van der Waals surface area contributed by atoms with Crippen molar-refractivity contribution in [2.24, 2.45) is 5.73 Å². The fraction of sp³-hybridized carbons (Fsp3) is 0.259. The number of hydrogen-bond acceptors (Lipinski definition) is 8. The molecule has 40 heavy (non-hydrogen) atoms. The molecule has 4 rings (SSSR count). The van der Waals surface area contributed by atoms with Crippen molar-refractivity contribution >= 4 is 44.6 Å². The van der Waals surface area contributed by atoms with E-state index < -0.39 is 38.7 Å². The molecule has 2 aromatic carbocycles. The van der Waals surface area contributed by atoms with Gasteiger partial charge >= 0.3 is 0 Å². The number of amidine groups is 1. The lowest BCUT2D eigenvalue weighted by molar-refractivity contribution is -0.137. The summed E-state index contributed by atoms with van der Waals surface area (Å²) >= 11 is 1.34. The van der Waals surface area contributed by atoms with Crippen LogP contribution in [0.5, 0.6) is 11.5 Å². The average Bonchev–Trinajstić information content (AvgIpc) is 3.59. The number of likely N-dealkylation sites (tertiary alicyclic amines) is 1. The fourth-order valence-corrected chi connectivity index (χ4v) is 6.03. The third-order valence-corrected chi connectivity index (χ3v) is 8.97. The summed E-state index contributed by atoms with van der Waals surface area (Å²) in [5.41, 5.74) is 6.37. The average molecular weight is 583 g/mol. The predicted octanol–water partition coefficient (Wildman–Crippen LogP) is 2.52. The van der Waals surface area contributed by atoms with Crippen LogP contribution in [0.2, 0.25) is 0 Å². The van der Waals surface area contributed by atoms with E-state index in [0.29, 0.717) is 22.6 Å². The molecule has 210 valence electrons.